The number of hydrogen-bond acceptors (Lipinski definition) is 2. The van der Waals surface area contributed by atoms with Crippen LogP contribution in [0.15, 0.2) is 4.99 Å². The first-order valence-electron chi connectivity index (χ1n) is 7.10. The molecule has 102 valence electrons. The zero-order valence-corrected chi connectivity index (χ0v) is 11.6. The molecule has 0 aromatic rings. The molecule has 0 radical (unpaired) electrons. The number of unbranched alkanes of at least 4 members (excludes halogenated alkanes) is 6. The highest BCUT2D eigenvalue weighted by molar-refractivity contribution is 5.79. The van der Waals surface area contributed by atoms with Gasteiger partial charge in [0, 0.05) is 13.1 Å². The van der Waals surface area contributed by atoms with Crippen LogP contribution in [0.2, 0.25) is 0 Å². The fourth-order valence-corrected chi connectivity index (χ4v) is 1.62. The van der Waals surface area contributed by atoms with Gasteiger partial charge in [-0.15, -0.1) is 0 Å². The fraction of sp³-hybridized carbons (Fsp3) is 0.923. The molecule has 0 heterocycles. The molecule has 0 amide bonds. The van der Waals surface area contributed by atoms with Crippen molar-refractivity contribution in [1.82, 2.24) is 10.7 Å². The molecule has 0 fully saturated rings. The third-order valence-corrected chi connectivity index (χ3v) is 2.74. The molecule has 4 N–H and O–H groups in total. The highest BCUT2D eigenvalue weighted by Gasteiger charge is 1.94. The normalized spacial score (nSPS) is 11.6. The number of nitrogens with two attached hydrogens (primary N) is 1. The van der Waals surface area contributed by atoms with E-state index in [1.165, 1.54) is 38.5 Å². The van der Waals surface area contributed by atoms with Crippen molar-refractivity contribution >= 4 is 5.96 Å². The number of guanidine groups is 1. The number of hydrogen-bond donors (Lipinski definition) is 3. The number of nitrogens with one attached hydrogen (secondary N) is 2. The molecule has 0 spiro atoms. The quantitative estimate of drug-likeness (QED) is 0.181. The van der Waals surface area contributed by atoms with E-state index >= 15 is 0 Å². The largest absolute Gasteiger partial charge is 0.355 e. The summed E-state index contributed by atoms with van der Waals surface area (Å²) >= 11 is 0. The Morgan fingerprint density at radius 2 is 1.59 bits per heavy atom. The smallest absolute Gasteiger partial charge is 0.205 e. The summed E-state index contributed by atoms with van der Waals surface area (Å²) in [5.74, 6) is 6.12. The minimum absolute atomic E-state index is 0.729. The van der Waals surface area contributed by atoms with Crippen molar-refractivity contribution in [2.75, 3.05) is 13.1 Å². The minimum Gasteiger partial charge on any atom is -0.355 e. The van der Waals surface area contributed by atoms with Crippen LogP contribution in [-0.4, -0.2) is 19.0 Å². The zero-order valence-electron chi connectivity index (χ0n) is 11.6. The maximum atomic E-state index is 5.39. The molecule has 0 aromatic carbocycles. The monoisotopic (exact) mass is 242 g/mol. The number of nitrogens with zero attached hydrogens (tertiary/aromatic N) is 1. The molecule has 4 heteroatoms. The maximum Gasteiger partial charge on any atom is 0.205 e. The van der Waals surface area contributed by atoms with Crippen LogP contribution in [0.25, 0.3) is 0 Å². The van der Waals surface area contributed by atoms with Crippen LogP contribution >= 0.6 is 0 Å². The highest BCUT2D eigenvalue weighted by Crippen LogP contribution is 2.04. The van der Waals surface area contributed by atoms with Gasteiger partial charge in [0.15, 0.2) is 0 Å². The van der Waals surface area contributed by atoms with Gasteiger partial charge in [0.05, 0.1) is 0 Å². The van der Waals surface area contributed by atoms with E-state index in [4.69, 9.17) is 5.84 Å². The Balaban J connectivity index is 3.44. The predicted octanol–water partition coefficient (Wildman–Crippen LogP) is 2.56. The van der Waals surface area contributed by atoms with Gasteiger partial charge in [-0.3, -0.25) is 10.4 Å². The standard InChI is InChI=1S/C13H30N4/c1-3-5-7-8-9-10-12-16-13(17-14)15-11-6-4-2/h3-12,14H2,1-2H3,(H2,15,16,17). The van der Waals surface area contributed by atoms with Gasteiger partial charge in [-0.1, -0.05) is 52.4 Å². The van der Waals surface area contributed by atoms with E-state index in [9.17, 15) is 0 Å². The lowest BCUT2D eigenvalue weighted by molar-refractivity contribution is 0.610. The lowest BCUT2D eigenvalue weighted by Gasteiger charge is -2.08. The third-order valence-electron chi connectivity index (χ3n) is 2.74. The highest BCUT2D eigenvalue weighted by atomic mass is 15.3. The van der Waals surface area contributed by atoms with Crippen LogP contribution in [-0.2, 0) is 0 Å². The van der Waals surface area contributed by atoms with E-state index in [1.807, 2.05) is 0 Å². The van der Waals surface area contributed by atoms with Crippen LogP contribution in [0.4, 0.5) is 0 Å². The Morgan fingerprint density at radius 3 is 2.24 bits per heavy atom. The molecule has 0 aliphatic carbocycles. The molecule has 0 bridgehead atoms. The van der Waals surface area contributed by atoms with E-state index in [2.05, 4.69) is 29.6 Å². The summed E-state index contributed by atoms with van der Waals surface area (Å²) in [5.41, 5.74) is 2.61. The molecular formula is C13H30N4. The van der Waals surface area contributed by atoms with Crippen molar-refractivity contribution in [2.45, 2.75) is 65.2 Å². The second kappa shape index (κ2) is 13.3. The molecule has 0 saturated carbocycles. The van der Waals surface area contributed by atoms with Gasteiger partial charge in [-0.2, -0.15) is 0 Å². The molecular weight excluding hydrogens is 212 g/mol. The first-order chi connectivity index (χ1) is 8.35. The molecule has 0 rings (SSSR count). The van der Waals surface area contributed by atoms with E-state index in [1.54, 1.807) is 0 Å². The predicted molar refractivity (Wildman–Crippen MR) is 75.9 cm³/mol. The lowest BCUT2D eigenvalue weighted by Crippen LogP contribution is -2.42. The van der Waals surface area contributed by atoms with Crippen molar-refractivity contribution in [3.8, 4) is 0 Å². The minimum atomic E-state index is 0.729. The lowest BCUT2D eigenvalue weighted by atomic mass is 10.1. The Morgan fingerprint density at radius 1 is 0.941 bits per heavy atom. The van der Waals surface area contributed by atoms with Gasteiger partial charge in [0.25, 0.3) is 0 Å². The average molecular weight is 242 g/mol. The summed E-state index contributed by atoms with van der Waals surface area (Å²) in [7, 11) is 0. The Labute approximate surface area is 106 Å². The average Bonchev–Trinajstić information content (AvgIpc) is 2.35. The van der Waals surface area contributed by atoms with E-state index < -0.39 is 0 Å². The van der Waals surface area contributed by atoms with Crippen molar-refractivity contribution in [1.29, 1.82) is 0 Å². The van der Waals surface area contributed by atoms with Crippen molar-refractivity contribution in [2.24, 2.45) is 10.8 Å². The van der Waals surface area contributed by atoms with E-state index in [0.29, 0.717) is 0 Å². The van der Waals surface area contributed by atoms with E-state index in [-0.39, 0.29) is 0 Å². The van der Waals surface area contributed by atoms with Gasteiger partial charge in [-0.05, 0) is 12.8 Å². The number of rotatable bonds is 10. The van der Waals surface area contributed by atoms with Crippen LogP contribution in [0, 0.1) is 0 Å². The van der Waals surface area contributed by atoms with Crippen LogP contribution in [0.3, 0.4) is 0 Å². The second-order valence-electron chi connectivity index (χ2n) is 4.42. The summed E-state index contributed by atoms with van der Waals surface area (Å²) in [6.45, 7) is 6.22. The summed E-state index contributed by atoms with van der Waals surface area (Å²) in [5, 5.41) is 3.20. The Kier molecular flexibility index (Phi) is 12.7. The fourth-order valence-electron chi connectivity index (χ4n) is 1.62. The van der Waals surface area contributed by atoms with Crippen LogP contribution in [0.5, 0.6) is 0 Å². The van der Waals surface area contributed by atoms with Gasteiger partial charge in [0.2, 0.25) is 5.96 Å². The van der Waals surface area contributed by atoms with Crippen molar-refractivity contribution in [3.05, 3.63) is 0 Å². The maximum absolute atomic E-state index is 5.39. The molecule has 0 atom stereocenters. The second-order valence-corrected chi connectivity index (χ2v) is 4.42. The number of hydrazine groups is 1. The van der Waals surface area contributed by atoms with Crippen molar-refractivity contribution < 1.29 is 0 Å². The summed E-state index contributed by atoms with van der Waals surface area (Å²) in [6.07, 6.45) is 10.1. The molecule has 0 aromatic heterocycles. The molecule has 0 saturated heterocycles. The van der Waals surface area contributed by atoms with E-state index in [0.717, 1.165) is 31.9 Å². The van der Waals surface area contributed by atoms with Gasteiger partial charge in [0.1, 0.15) is 0 Å². The Bertz CT molecular complexity index is 180. The SMILES string of the molecule is CCCCCCCCN=C(NN)NCCCC. The number of aliphatic imine (C=N–C) groups is 1. The van der Waals surface area contributed by atoms with Gasteiger partial charge < -0.3 is 5.32 Å². The van der Waals surface area contributed by atoms with Crippen molar-refractivity contribution in [3.63, 3.8) is 0 Å². The van der Waals surface area contributed by atoms with Crippen LogP contribution in [0.1, 0.15) is 65.2 Å². The summed E-state index contributed by atoms with van der Waals surface area (Å²) < 4.78 is 0. The zero-order chi connectivity index (χ0) is 12.8. The molecule has 0 aliphatic heterocycles. The Hall–Kier alpha value is -0.770. The molecule has 0 unspecified atom stereocenters. The molecule has 0 aliphatic rings. The molecule has 17 heavy (non-hydrogen) atoms. The van der Waals surface area contributed by atoms with Crippen LogP contribution < -0.4 is 16.6 Å². The summed E-state index contributed by atoms with van der Waals surface area (Å²) in [4.78, 5) is 4.40. The third kappa shape index (κ3) is 11.5. The first kappa shape index (κ1) is 16.2. The topological polar surface area (TPSA) is 62.4 Å². The van der Waals surface area contributed by atoms with Gasteiger partial charge >= 0.3 is 0 Å². The first-order valence-corrected chi connectivity index (χ1v) is 7.10. The molecule has 4 nitrogen and oxygen atoms in total. The van der Waals surface area contributed by atoms with Gasteiger partial charge in [-0.25, -0.2) is 5.84 Å². The summed E-state index contributed by atoms with van der Waals surface area (Å²) in [6, 6.07) is 0.